The van der Waals surface area contributed by atoms with Gasteiger partial charge in [0.2, 0.25) is 0 Å². The van der Waals surface area contributed by atoms with Crippen molar-refractivity contribution in [2.24, 2.45) is 0 Å². The molecule has 0 saturated carbocycles. The molecule has 1 heteroatoms. The van der Waals surface area contributed by atoms with Crippen molar-refractivity contribution in [1.82, 2.24) is 0 Å². The zero-order valence-corrected chi connectivity index (χ0v) is 6.12. The second kappa shape index (κ2) is 9.44. The topological polar surface area (TPSA) is 0 Å². The Kier molecular flexibility index (Phi) is 13.7. The summed E-state index contributed by atoms with van der Waals surface area (Å²) in [5.41, 5.74) is 0. The maximum atomic E-state index is 3.51. The minimum absolute atomic E-state index is 0. The molecule has 0 spiro atoms. The van der Waals surface area contributed by atoms with Crippen molar-refractivity contribution in [2.45, 2.75) is 13.3 Å². The second-order valence-electron chi connectivity index (χ2n) is 1.07. The third-order valence-corrected chi connectivity index (χ3v) is 0.508. The quantitative estimate of drug-likeness (QED) is 0.456. The summed E-state index contributed by atoms with van der Waals surface area (Å²) in [7, 11) is 0. The molecule has 0 aliphatic heterocycles. The van der Waals surface area contributed by atoms with Gasteiger partial charge in [0.1, 0.15) is 0 Å². The van der Waals surface area contributed by atoms with Gasteiger partial charge in [0.15, 0.2) is 0 Å². The third-order valence-electron chi connectivity index (χ3n) is 0.508. The number of hydrogen-bond donors (Lipinski definition) is 0. The van der Waals surface area contributed by atoms with E-state index in [1.54, 1.807) is 6.08 Å². The zero-order valence-electron chi connectivity index (χ0n) is 4.48. The van der Waals surface area contributed by atoms with Crippen molar-refractivity contribution < 1.29 is 19.5 Å². The molecule has 0 aliphatic carbocycles. The second-order valence-corrected chi connectivity index (χ2v) is 1.07. The summed E-state index contributed by atoms with van der Waals surface area (Å²) in [6.07, 6.45) is 6.89. The first-order chi connectivity index (χ1) is 2.91. The van der Waals surface area contributed by atoms with E-state index in [1.165, 1.54) is 0 Å². The van der Waals surface area contributed by atoms with E-state index in [4.69, 9.17) is 0 Å². The van der Waals surface area contributed by atoms with Gasteiger partial charge in [-0.2, -0.15) is 0 Å². The van der Waals surface area contributed by atoms with Crippen molar-refractivity contribution in [1.29, 1.82) is 0 Å². The largest absolute Gasteiger partial charge is 0.0991 e. The summed E-state index contributed by atoms with van der Waals surface area (Å²) >= 11 is 0. The van der Waals surface area contributed by atoms with Crippen molar-refractivity contribution in [3.63, 3.8) is 0 Å². The molecule has 0 aliphatic rings. The minimum Gasteiger partial charge on any atom is -0.0991 e. The molecule has 0 amide bonds. The van der Waals surface area contributed by atoms with Gasteiger partial charge in [0.25, 0.3) is 0 Å². The Morgan fingerprint density at radius 3 is 2.29 bits per heavy atom. The summed E-state index contributed by atoms with van der Waals surface area (Å²) in [5.74, 6) is 0. The van der Waals surface area contributed by atoms with E-state index in [2.05, 4.69) is 19.6 Å². The van der Waals surface area contributed by atoms with Crippen LogP contribution in [0.3, 0.4) is 0 Å². The molecule has 0 heterocycles. The molecule has 0 aromatic carbocycles. The Bertz CT molecular complexity index is 55.2. The van der Waals surface area contributed by atoms with Crippen LogP contribution in [-0.4, -0.2) is 0 Å². The van der Waals surface area contributed by atoms with Crippen LogP contribution < -0.4 is 0 Å². The van der Waals surface area contributed by atoms with E-state index < -0.39 is 0 Å². The van der Waals surface area contributed by atoms with Gasteiger partial charge in [-0.05, 0) is 6.42 Å². The Balaban J connectivity index is 0. The van der Waals surface area contributed by atoms with Crippen LogP contribution in [0.4, 0.5) is 0 Å². The van der Waals surface area contributed by atoms with Gasteiger partial charge in [0.05, 0.1) is 0 Å². The molecule has 0 nitrogen and oxygen atoms in total. The summed E-state index contributed by atoms with van der Waals surface area (Å²) in [6.45, 7) is 5.61. The Morgan fingerprint density at radius 2 is 2.14 bits per heavy atom. The van der Waals surface area contributed by atoms with Gasteiger partial charge in [-0.25, -0.2) is 0 Å². The molecule has 0 unspecified atom stereocenters. The van der Waals surface area contributed by atoms with Crippen LogP contribution in [0.15, 0.2) is 24.8 Å². The molecular weight excluding hydrogens is 175 g/mol. The average Bonchev–Trinajstić information content (AvgIpc) is 1.61. The number of rotatable bonds is 2. The fourth-order valence-corrected chi connectivity index (χ4v) is 0.232. The maximum Gasteiger partial charge on any atom is 0 e. The Hall–Kier alpha value is 0.103. The van der Waals surface area contributed by atoms with E-state index in [9.17, 15) is 0 Å². The predicted octanol–water partition coefficient (Wildman–Crippen LogP) is 2.14. The van der Waals surface area contributed by atoms with Crippen LogP contribution in [-0.2, 0) is 19.5 Å². The van der Waals surface area contributed by atoms with Crippen molar-refractivity contribution in [2.75, 3.05) is 0 Å². The van der Waals surface area contributed by atoms with Gasteiger partial charge in [0, 0.05) is 19.5 Å². The molecule has 0 fully saturated rings. The zero-order chi connectivity index (χ0) is 4.83. The molecule has 0 aromatic rings. The van der Waals surface area contributed by atoms with Gasteiger partial charge in [-0.15, -0.1) is 0 Å². The molecule has 0 N–H and O–H groups in total. The molecule has 0 rings (SSSR count). The van der Waals surface area contributed by atoms with E-state index in [0.29, 0.717) is 0 Å². The molecule has 0 saturated heterocycles. The van der Waals surface area contributed by atoms with Gasteiger partial charge in [-0.1, -0.05) is 31.7 Å². The van der Waals surface area contributed by atoms with E-state index in [-0.39, 0.29) is 19.5 Å². The van der Waals surface area contributed by atoms with Gasteiger partial charge in [-0.3, -0.25) is 0 Å². The standard InChI is InChI=1S/C6H10.Rh/c1-3-5-6-4-2;/h3,5-6H,1,4H2,2H3;/b6-5+;. The summed E-state index contributed by atoms with van der Waals surface area (Å²) in [4.78, 5) is 0. The molecule has 0 atom stereocenters. The summed E-state index contributed by atoms with van der Waals surface area (Å²) in [6, 6.07) is 0. The fourth-order valence-electron chi connectivity index (χ4n) is 0.232. The van der Waals surface area contributed by atoms with Crippen molar-refractivity contribution in [3.8, 4) is 0 Å². The fraction of sp³-hybridized carbons (Fsp3) is 0.333. The van der Waals surface area contributed by atoms with Crippen LogP contribution in [0.1, 0.15) is 13.3 Å². The van der Waals surface area contributed by atoms with Crippen LogP contribution in [0.5, 0.6) is 0 Å². The Labute approximate surface area is 58.1 Å². The molecular formula is C6H10Rh. The van der Waals surface area contributed by atoms with E-state index in [0.717, 1.165) is 6.42 Å². The predicted molar refractivity (Wildman–Crippen MR) is 29.6 cm³/mol. The third kappa shape index (κ3) is 10.7. The van der Waals surface area contributed by atoms with Crippen LogP contribution in [0, 0.1) is 0 Å². The molecule has 0 bridgehead atoms. The van der Waals surface area contributed by atoms with Gasteiger partial charge >= 0.3 is 0 Å². The first kappa shape index (κ1) is 10.2. The Morgan fingerprint density at radius 1 is 1.57 bits per heavy atom. The molecule has 1 radical (unpaired) electrons. The van der Waals surface area contributed by atoms with Crippen molar-refractivity contribution in [3.05, 3.63) is 24.8 Å². The van der Waals surface area contributed by atoms with Crippen molar-refractivity contribution >= 4 is 0 Å². The minimum atomic E-state index is 0. The molecule has 7 heavy (non-hydrogen) atoms. The number of hydrogen-bond acceptors (Lipinski definition) is 0. The van der Waals surface area contributed by atoms with E-state index >= 15 is 0 Å². The summed E-state index contributed by atoms with van der Waals surface area (Å²) in [5, 5.41) is 0. The normalized spacial score (nSPS) is 8.14. The SMILES string of the molecule is C=C/C=C/CC.[Rh]. The molecule has 43 valence electrons. The maximum absolute atomic E-state index is 3.51. The van der Waals surface area contributed by atoms with Gasteiger partial charge < -0.3 is 0 Å². The smallest absolute Gasteiger partial charge is 0 e. The monoisotopic (exact) mass is 185 g/mol. The number of allylic oxidation sites excluding steroid dienone is 3. The van der Waals surface area contributed by atoms with Crippen LogP contribution in [0.2, 0.25) is 0 Å². The molecule has 0 aromatic heterocycles. The van der Waals surface area contributed by atoms with Crippen LogP contribution >= 0.6 is 0 Å². The first-order valence-electron chi connectivity index (χ1n) is 2.19. The average molecular weight is 185 g/mol. The first-order valence-corrected chi connectivity index (χ1v) is 2.19. The van der Waals surface area contributed by atoms with Crippen LogP contribution in [0.25, 0.3) is 0 Å². The van der Waals surface area contributed by atoms with E-state index in [1.807, 2.05) is 6.08 Å². The summed E-state index contributed by atoms with van der Waals surface area (Å²) < 4.78 is 0.